The number of benzene rings is 2. The molecule has 1 aliphatic heterocycles. The Morgan fingerprint density at radius 2 is 2.05 bits per heavy atom. The number of hydrogen-bond donors (Lipinski definition) is 0. The maximum atomic E-state index is 12.5. The zero-order valence-corrected chi connectivity index (χ0v) is 12.2. The molecule has 0 N–H and O–H groups in total. The van der Waals surface area contributed by atoms with Crippen LogP contribution in [-0.2, 0) is 24.2 Å². The average Bonchev–Trinajstić information content (AvgIpc) is 3.02. The van der Waals surface area contributed by atoms with E-state index in [1.807, 2.05) is 29.2 Å². The molecule has 0 fully saturated rings. The quantitative estimate of drug-likeness (QED) is 0.729. The van der Waals surface area contributed by atoms with Gasteiger partial charge in [-0.25, -0.2) is 4.98 Å². The van der Waals surface area contributed by atoms with Crippen molar-refractivity contribution in [3.8, 4) is 0 Å². The van der Waals surface area contributed by atoms with E-state index in [2.05, 4.69) is 23.2 Å². The monoisotopic (exact) mass is 292 g/mol. The van der Waals surface area contributed by atoms with Gasteiger partial charge in [-0.1, -0.05) is 30.3 Å². The molecule has 110 valence electrons. The summed E-state index contributed by atoms with van der Waals surface area (Å²) in [6.45, 7) is 1.50. The Balaban J connectivity index is 1.50. The lowest BCUT2D eigenvalue weighted by Crippen LogP contribution is -2.36. The molecule has 4 rings (SSSR count). The van der Waals surface area contributed by atoms with Crippen molar-refractivity contribution in [2.75, 3.05) is 6.54 Å². The van der Waals surface area contributed by atoms with E-state index in [4.69, 9.17) is 4.42 Å². The van der Waals surface area contributed by atoms with Crippen molar-refractivity contribution in [3.63, 3.8) is 0 Å². The molecule has 0 saturated carbocycles. The van der Waals surface area contributed by atoms with Crippen LogP contribution in [0.2, 0.25) is 0 Å². The molecule has 4 heteroatoms. The molecule has 1 aromatic heterocycles. The van der Waals surface area contributed by atoms with Crippen molar-refractivity contribution in [1.82, 2.24) is 9.88 Å². The Bertz CT molecular complexity index is 838. The summed E-state index contributed by atoms with van der Waals surface area (Å²) in [5, 5.41) is 0. The summed E-state index contributed by atoms with van der Waals surface area (Å²) in [6, 6.07) is 14.1. The third-order valence-electron chi connectivity index (χ3n) is 4.23. The van der Waals surface area contributed by atoms with Gasteiger partial charge in [0.25, 0.3) is 0 Å². The van der Waals surface area contributed by atoms with Crippen molar-refractivity contribution < 1.29 is 9.21 Å². The number of fused-ring (bicyclic) bond motifs is 2. The summed E-state index contributed by atoms with van der Waals surface area (Å²) in [5.41, 5.74) is 5.13. The summed E-state index contributed by atoms with van der Waals surface area (Å²) in [6.07, 6.45) is 2.76. The van der Waals surface area contributed by atoms with E-state index in [1.54, 1.807) is 0 Å². The van der Waals surface area contributed by atoms with Gasteiger partial charge in [-0.15, -0.1) is 0 Å². The van der Waals surface area contributed by atoms with Gasteiger partial charge in [0.1, 0.15) is 5.52 Å². The maximum Gasteiger partial charge on any atom is 0.227 e. The van der Waals surface area contributed by atoms with E-state index in [-0.39, 0.29) is 5.91 Å². The summed E-state index contributed by atoms with van der Waals surface area (Å²) in [4.78, 5) is 18.6. The van der Waals surface area contributed by atoms with Crippen LogP contribution in [0.1, 0.15) is 16.7 Å². The van der Waals surface area contributed by atoms with Crippen LogP contribution in [0.25, 0.3) is 11.1 Å². The number of amides is 1. The highest BCUT2D eigenvalue weighted by Gasteiger charge is 2.20. The number of carbonyl (C=O) groups is 1. The van der Waals surface area contributed by atoms with Gasteiger partial charge in [-0.2, -0.15) is 0 Å². The van der Waals surface area contributed by atoms with Gasteiger partial charge in [-0.3, -0.25) is 4.79 Å². The minimum absolute atomic E-state index is 0.161. The van der Waals surface area contributed by atoms with Crippen molar-refractivity contribution in [1.29, 1.82) is 0 Å². The lowest BCUT2D eigenvalue weighted by atomic mass is 9.99. The van der Waals surface area contributed by atoms with Crippen molar-refractivity contribution in [2.45, 2.75) is 19.4 Å². The van der Waals surface area contributed by atoms with Gasteiger partial charge in [0.2, 0.25) is 5.91 Å². The molecule has 0 aliphatic carbocycles. The number of oxazole rings is 1. The Hall–Kier alpha value is -2.62. The SMILES string of the molecule is O=C(Cc1ccc2ncoc2c1)N1CCc2ccccc2C1. The number of rotatable bonds is 2. The smallest absolute Gasteiger partial charge is 0.227 e. The van der Waals surface area contributed by atoms with Crippen LogP contribution in [0.15, 0.2) is 53.3 Å². The van der Waals surface area contributed by atoms with Crippen LogP contribution in [0.4, 0.5) is 0 Å². The van der Waals surface area contributed by atoms with Gasteiger partial charge in [-0.05, 0) is 35.2 Å². The molecule has 22 heavy (non-hydrogen) atoms. The third-order valence-corrected chi connectivity index (χ3v) is 4.23. The maximum absolute atomic E-state index is 12.5. The van der Waals surface area contributed by atoms with Crippen molar-refractivity contribution in [2.24, 2.45) is 0 Å². The number of hydrogen-bond acceptors (Lipinski definition) is 3. The largest absolute Gasteiger partial charge is 0.443 e. The lowest BCUT2D eigenvalue weighted by Gasteiger charge is -2.29. The number of carbonyl (C=O) groups excluding carboxylic acids is 1. The molecule has 3 aromatic rings. The summed E-state index contributed by atoms with van der Waals surface area (Å²) < 4.78 is 5.30. The fourth-order valence-corrected chi connectivity index (χ4v) is 3.00. The first kappa shape index (κ1) is 13.1. The molecule has 0 atom stereocenters. The zero-order valence-electron chi connectivity index (χ0n) is 12.2. The molecule has 4 nitrogen and oxygen atoms in total. The van der Waals surface area contributed by atoms with Gasteiger partial charge in [0.05, 0.1) is 6.42 Å². The Kier molecular flexibility index (Phi) is 3.15. The molecule has 0 saturated heterocycles. The molecule has 0 radical (unpaired) electrons. The van der Waals surface area contributed by atoms with Crippen LogP contribution < -0.4 is 0 Å². The van der Waals surface area contributed by atoms with Gasteiger partial charge in [0, 0.05) is 13.1 Å². The molecular weight excluding hydrogens is 276 g/mol. The first-order valence-electron chi connectivity index (χ1n) is 7.46. The van der Waals surface area contributed by atoms with Crippen molar-refractivity contribution >= 4 is 17.0 Å². The van der Waals surface area contributed by atoms with E-state index in [9.17, 15) is 4.79 Å². The van der Waals surface area contributed by atoms with Crippen LogP contribution in [-0.4, -0.2) is 22.3 Å². The topological polar surface area (TPSA) is 46.3 Å². The minimum Gasteiger partial charge on any atom is -0.443 e. The van der Waals surface area contributed by atoms with E-state index in [0.717, 1.165) is 29.6 Å². The Morgan fingerprint density at radius 1 is 1.18 bits per heavy atom. The Labute approximate surface area is 128 Å². The Morgan fingerprint density at radius 3 is 2.95 bits per heavy atom. The molecule has 0 spiro atoms. The predicted octanol–water partition coefficient (Wildman–Crippen LogP) is 2.96. The van der Waals surface area contributed by atoms with E-state index in [0.29, 0.717) is 13.0 Å². The molecular formula is C18H16N2O2. The molecule has 0 bridgehead atoms. The molecule has 1 amide bonds. The normalized spacial score (nSPS) is 14.1. The number of aromatic nitrogens is 1. The second-order valence-electron chi connectivity index (χ2n) is 5.67. The summed E-state index contributed by atoms with van der Waals surface area (Å²) in [7, 11) is 0. The second-order valence-corrected chi connectivity index (χ2v) is 5.67. The minimum atomic E-state index is 0.161. The molecule has 2 heterocycles. The summed E-state index contributed by atoms with van der Waals surface area (Å²) in [5.74, 6) is 0.161. The van der Waals surface area contributed by atoms with Crippen LogP contribution in [0.3, 0.4) is 0 Å². The van der Waals surface area contributed by atoms with Crippen LogP contribution in [0.5, 0.6) is 0 Å². The highest BCUT2D eigenvalue weighted by Crippen LogP contribution is 2.20. The van der Waals surface area contributed by atoms with E-state index in [1.165, 1.54) is 17.5 Å². The fourth-order valence-electron chi connectivity index (χ4n) is 3.00. The first-order chi connectivity index (χ1) is 10.8. The molecule has 2 aromatic carbocycles. The van der Waals surface area contributed by atoms with Crippen LogP contribution in [0, 0.1) is 0 Å². The molecule has 1 aliphatic rings. The molecule has 0 unspecified atom stereocenters. The first-order valence-corrected chi connectivity index (χ1v) is 7.46. The number of nitrogens with zero attached hydrogens (tertiary/aromatic N) is 2. The van der Waals surface area contributed by atoms with Gasteiger partial charge < -0.3 is 9.32 Å². The van der Waals surface area contributed by atoms with Crippen LogP contribution >= 0.6 is 0 Å². The third kappa shape index (κ3) is 2.37. The lowest BCUT2D eigenvalue weighted by molar-refractivity contribution is -0.131. The predicted molar refractivity (Wildman–Crippen MR) is 83.3 cm³/mol. The van der Waals surface area contributed by atoms with E-state index >= 15 is 0 Å². The van der Waals surface area contributed by atoms with Gasteiger partial charge in [0.15, 0.2) is 12.0 Å². The van der Waals surface area contributed by atoms with E-state index < -0.39 is 0 Å². The summed E-state index contributed by atoms with van der Waals surface area (Å²) >= 11 is 0. The highest BCUT2D eigenvalue weighted by molar-refractivity contribution is 5.81. The average molecular weight is 292 g/mol. The fraction of sp³-hybridized carbons (Fsp3) is 0.222. The van der Waals surface area contributed by atoms with Gasteiger partial charge >= 0.3 is 0 Å². The zero-order chi connectivity index (χ0) is 14.9. The second kappa shape index (κ2) is 5.30. The van der Waals surface area contributed by atoms with Crippen molar-refractivity contribution in [3.05, 3.63) is 65.5 Å². The standard InChI is InChI=1S/C18H16N2O2/c21-18(10-13-5-6-16-17(9-13)22-12-19-16)20-8-7-14-3-1-2-4-15(14)11-20/h1-6,9,12H,7-8,10-11H2. The highest BCUT2D eigenvalue weighted by atomic mass is 16.3.